The smallest absolute Gasteiger partial charge is 0.252 e. The molecular weight excluding hydrogens is 508 g/mol. The highest BCUT2D eigenvalue weighted by atomic mass is 16.3. The van der Waals surface area contributed by atoms with E-state index in [0.717, 1.165) is 85.1 Å². The van der Waals surface area contributed by atoms with Crippen LogP contribution in [0.3, 0.4) is 0 Å². The van der Waals surface area contributed by atoms with E-state index in [9.17, 15) is 9.90 Å². The van der Waals surface area contributed by atoms with Crippen LogP contribution in [0.5, 0.6) is 0 Å². The number of pyridine rings is 1. The number of para-hydroxylation sites is 1. The van der Waals surface area contributed by atoms with E-state index in [1.54, 1.807) is 0 Å². The number of fused-ring (bicyclic) bond motifs is 1. The van der Waals surface area contributed by atoms with Gasteiger partial charge < -0.3 is 15.3 Å². The minimum atomic E-state index is -0.131. The van der Waals surface area contributed by atoms with Crippen LogP contribution in [0.4, 0.5) is 0 Å². The third-order valence-electron chi connectivity index (χ3n) is 9.94. The monoisotopic (exact) mass is 554 g/mol. The van der Waals surface area contributed by atoms with Gasteiger partial charge in [0.2, 0.25) is 0 Å². The maximum atomic E-state index is 14.3. The van der Waals surface area contributed by atoms with Gasteiger partial charge >= 0.3 is 0 Å². The van der Waals surface area contributed by atoms with Crippen molar-refractivity contribution in [2.75, 3.05) is 26.2 Å². The highest BCUT2D eigenvalue weighted by Crippen LogP contribution is 2.33. The molecule has 2 N–H and O–H groups in total. The normalized spacial score (nSPS) is 21.2. The Labute approximate surface area is 245 Å². The standard InChI is InChI=1S/C35H46N4O2/c1-25(26-10-4-2-5-11-26)36-35(41)33-30-14-8-9-15-32(30)37-34(27-12-6-3-7-13-27)31(33)24-38-20-16-28(17-21-38)39-22-18-29(40)19-23-39/h3,6-9,12-15,25-26,28-29,40H,2,4-5,10-11,16-24H2,1H3,(H,36,41)/t25-/m0/s1. The molecule has 2 saturated heterocycles. The van der Waals surface area contributed by atoms with Crippen molar-refractivity contribution in [3.63, 3.8) is 0 Å². The molecule has 2 aromatic carbocycles. The van der Waals surface area contributed by atoms with Gasteiger partial charge in [-0.05, 0) is 70.5 Å². The molecule has 1 atom stereocenters. The maximum absolute atomic E-state index is 14.3. The van der Waals surface area contributed by atoms with E-state index < -0.39 is 0 Å². The van der Waals surface area contributed by atoms with Gasteiger partial charge in [0, 0.05) is 48.2 Å². The first-order chi connectivity index (χ1) is 20.1. The third kappa shape index (κ3) is 6.50. The van der Waals surface area contributed by atoms with Crippen molar-refractivity contribution < 1.29 is 9.90 Å². The van der Waals surface area contributed by atoms with Crippen molar-refractivity contribution in [3.05, 3.63) is 65.7 Å². The number of nitrogens with one attached hydrogen (secondary N) is 1. The van der Waals surface area contributed by atoms with Gasteiger partial charge in [-0.3, -0.25) is 9.69 Å². The lowest BCUT2D eigenvalue weighted by Gasteiger charge is -2.41. The molecule has 218 valence electrons. The molecule has 0 radical (unpaired) electrons. The summed E-state index contributed by atoms with van der Waals surface area (Å²) in [5.41, 5.74) is 4.69. The van der Waals surface area contributed by atoms with Gasteiger partial charge in [-0.15, -0.1) is 0 Å². The fourth-order valence-corrected chi connectivity index (χ4v) is 7.45. The maximum Gasteiger partial charge on any atom is 0.252 e. The Balaban J connectivity index is 1.31. The van der Waals surface area contributed by atoms with E-state index in [4.69, 9.17) is 4.98 Å². The molecule has 0 spiro atoms. The number of rotatable bonds is 7. The zero-order valence-corrected chi connectivity index (χ0v) is 24.6. The van der Waals surface area contributed by atoms with Crippen LogP contribution < -0.4 is 5.32 Å². The lowest BCUT2D eigenvalue weighted by Crippen LogP contribution is -2.48. The number of nitrogens with zero attached hydrogens (tertiary/aromatic N) is 3. The predicted octanol–water partition coefficient (Wildman–Crippen LogP) is 6.02. The van der Waals surface area contributed by atoms with Gasteiger partial charge in [-0.25, -0.2) is 4.98 Å². The summed E-state index contributed by atoms with van der Waals surface area (Å²) in [6, 6.07) is 19.3. The second-order valence-corrected chi connectivity index (χ2v) is 12.6. The molecule has 1 aliphatic carbocycles. The number of amides is 1. The lowest BCUT2D eigenvalue weighted by atomic mass is 9.84. The summed E-state index contributed by atoms with van der Waals surface area (Å²) in [4.78, 5) is 24.5. The van der Waals surface area contributed by atoms with Crippen LogP contribution in [0.1, 0.15) is 80.6 Å². The summed E-state index contributed by atoms with van der Waals surface area (Å²) in [7, 11) is 0. The number of hydrogen-bond donors (Lipinski definition) is 2. The van der Waals surface area contributed by atoms with Crippen LogP contribution >= 0.6 is 0 Å². The second kappa shape index (κ2) is 13.0. The van der Waals surface area contributed by atoms with Crippen LogP contribution in [0.2, 0.25) is 0 Å². The van der Waals surface area contributed by atoms with Crippen molar-refractivity contribution in [3.8, 4) is 11.3 Å². The molecule has 1 aromatic heterocycles. The van der Waals surface area contributed by atoms with Crippen molar-refractivity contribution in [1.82, 2.24) is 20.1 Å². The number of aromatic nitrogens is 1. The quantitative estimate of drug-likeness (QED) is 0.374. The predicted molar refractivity (Wildman–Crippen MR) is 166 cm³/mol. The molecule has 2 aliphatic heterocycles. The summed E-state index contributed by atoms with van der Waals surface area (Å²) >= 11 is 0. The van der Waals surface area contributed by atoms with Gasteiger partial charge in [-0.1, -0.05) is 67.8 Å². The highest BCUT2D eigenvalue weighted by Gasteiger charge is 2.30. The third-order valence-corrected chi connectivity index (χ3v) is 9.94. The summed E-state index contributed by atoms with van der Waals surface area (Å²) in [5, 5.41) is 14.4. The number of carbonyl (C=O) groups excluding carboxylic acids is 1. The zero-order valence-electron chi connectivity index (χ0n) is 24.6. The Bertz CT molecular complexity index is 1310. The Morgan fingerprint density at radius 3 is 2.32 bits per heavy atom. The minimum Gasteiger partial charge on any atom is -0.393 e. The van der Waals surface area contributed by atoms with Crippen molar-refractivity contribution >= 4 is 16.8 Å². The van der Waals surface area contributed by atoms with Crippen molar-refractivity contribution in [1.29, 1.82) is 0 Å². The fourth-order valence-electron chi connectivity index (χ4n) is 7.45. The topological polar surface area (TPSA) is 68.7 Å². The SMILES string of the molecule is C[C@H](NC(=O)c1c(CN2CCC(N3CCC(O)CC3)CC2)c(-c2ccccc2)nc2ccccc12)C1CCCCC1. The van der Waals surface area contributed by atoms with E-state index in [-0.39, 0.29) is 18.1 Å². The number of aliphatic hydroxyl groups is 1. The Morgan fingerprint density at radius 1 is 0.902 bits per heavy atom. The first-order valence-corrected chi connectivity index (χ1v) is 16.0. The van der Waals surface area contributed by atoms with Gasteiger partial charge in [-0.2, -0.15) is 0 Å². The van der Waals surface area contributed by atoms with Crippen LogP contribution in [0.25, 0.3) is 22.2 Å². The number of piperidine rings is 2. The largest absolute Gasteiger partial charge is 0.393 e. The van der Waals surface area contributed by atoms with Gasteiger partial charge in [0.15, 0.2) is 0 Å². The molecule has 6 rings (SSSR count). The molecule has 3 aliphatic rings. The van der Waals surface area contributed by atoms with Gasteiger partial charge in [0.05, 0.1) is 22.9 Å². The summed E-state index contributed by atoms with van der Waals surface area (Å²) in [6.07, 6.45) is 10.1. The zero-order chi connectivity index (χ0) is 28.2. The number of aliphatic hydroxyl groups excluding tert-OH is 1. The molecule has 0 bridgehead atoms. The minimum absolute atomic E-state index is 0.0376. The molecule has 6 nitrogen and oxygen atoms in total. The van der Waals surface area contributed by atoms with E-state index in [0.29, 0.717) is 18.5 Å². The number of likely N-dealkylation sites (tertiary alicyclic amines) is 2. The first-order valence-electron chi connectivity index (χ1n) is 16.0. The van der Waals surface area contributed by atoms with Gasteiger partial charge in [0.25, 0.3) is 5.91 Å². The number of benzene rings is 2. The van der Waals surface area contributed by atoms with Crippen LogP contribution in [-0.2, 0) is 6.54 Å². The highest BCUT2D eigenvalue weighted by molar-refractivity contribution is 6.09. The molecule has 3 aromatic rings. The Kier molecular flexibility index (Phi) is 8.99. The van der Waals surface area contributed by atoms with Gasteiger partial charge in [0.1, 0.15) is 0 Å². The molecule has 6 heteroatoms. The Morgan fingerprint density at radius 2 is 1.59 bits per heavy atom. The van der Waals surface area contributed by atoms with Crippen LogP contribution in [0.15, 0.2) is 54.6 Å². The molecule has 3 heterocycles. The molecular formula is C35H46N4O2. The van der Waals surface area contributed by atoms with E-state index in [1.807, 2.05) is 24.3 Å². The summed E-state index contributed by atoms with van der Waals surface area (Å²) < 4.78 is 0. The molecule has 0 unspecified atom stereocenters. The van der Waals surface area contributed by atoms with E-state index in [2.05, 4.69) is 52.4 Å². The second-order valence-electron chi connectivity index (χ2n) is 12.6. The molecule has 3 fully saturated rings. The molecule has 1 saturated carbocycles. The molecule has 41 heavy (non-hydrogen) atoms. The first kappa shape index (κ1) is 28.3. The van der Waals surface area contributed by atoms with Crippen molar-refractivity contribution in [2.24, 2.45) is 5.92 Å². The van der Waals surface area contributed by atoms with Crippen molar-refractivity contribution in [2.45, 2.75) is 89.4 Å². The summed E-state index contributed by atoms with van der Waals surface area (Å²) in [6.45, 7) is 6.92. The Hall–Kier alpha value is -2.80. The lowest BCUT2D eigenvalue weighted by molar-refractivity contribution is 0.0375. The number of hydrogen-bond acceptors (Lipinski definition) is 5. The fraction of sp³-hybridized carbons (Fsp3) is 0.543. The molecule has 1 amide bonds. The van der Waals surface area contributed by atoms with Crippen LogP contribution in [0, 0.1) is 5.92 Å². The van der Waals surface area contributed by atoms with Crippen LogP contribution in [-0.4, -0.2) is 70.2 Å². The van der Waals surface area contributed by atoms with E-state index in [1.165, 1.54) is 32.1 Å². The average molecular weight is 555 g/mol. The number of carbonyl (C=O) groups is 1. The average Bonchev–Trinajstić information content (AvgIpc) is 3.02. The summed E-state index contributed by atoms with van der Waals surface area (Å²) in [5.74, 6) is 0.586. The van der Waals surface area contributed by atoms with E-state index >= 15 is 0 Å².